The molecule has 45 heavy (non-hydrogen) atoms. The lowest BCUT2D eigenvalue weighted by Gasteiger charge is -2.36. The molecule has 0 saturated heterocycles. The van der Waals surface area contributed by atoms with Gasteiger partial charge < -0.3 is 13.9 Å². The Labute approximate surface area is 272 Å². The number of benzene rings is 3. The predicted octanol–water partition coefficient (Wildman–Crippen LogP) is 9.05. The van der Waals surface area contributed by atoms with Gasteiger partial charge >= 0.3 is 5.97 Å². The number of sulfonamides is 1. The second-order valence-electron chi connectivity index (χ2n) is 12.0. The van der Waals surface area contributed by atoms with Gasteiger partial charge in [0.2, 0.25) is 0 Å². The number of esters is 1. The SMILES string of the molecule is COC(=O)c1cc(Cl)c(OC)c(S(=O)(=O)Nc2cc(-c3sc4ccccc4c3CCCO[Si](C)(C)C(C)(C)C)c(F)cc2F)c1. The van der Waals surface area contributed by atoms with Crippen LogP contribution in [0.3, 0.4) is 0 Å². The van der Waals surface area contributed by atoms with Crippen molar-refractivity contribution in [3.8, 4) is 16.2 Å². The van der Waals surface area contributed by atoms with Crippen molar-refractivity contribution >= 4 is 63.0 Å². The van der Waals surface area contributed by atoms with Gasteiger partial charge in [0, 0.05) is 27.8 Å². The van der Waals surface area contributed by atoms with Gasteiger partial charge in [-0.2, -0.15) is 0 Å². The highest BCUT2D eigenvalue weighted by molar-refractivity contribution is 7.92. The van der Waals surface area contributed by atoms with Crippen molar-refractivity contribution in [2.24, 2.45) is 0 Å². The molecule has 4 aromatic rings. The minimum absolute atomic E-state index is 0.0453. The third kappa shape index (κ3) is 7.35. The summed E-state index contributed by atoms with van der Waals surface area (Å²) >= 11 is 7.55. The molecule has 0 unspecified atom stereocenters. The van der Waals surface area contributed by atoms with E-state index in [4.69, 9.17) is 25.5 Å². The van der Waals surface area contributed by atoms with E-state index < -0.39 is 46.5 Å². The molecule has 3 aromatic carbocycles. The highest BCUT2D eigenvalue weighted by Crippen LogP contribution is 2.43. The zero-order valence-corrected chi connectivity index (χ0v) is 29.5. The summed E-state index contributed by atoms with van der Waals surface area (Å²) in [5, 5.41) is 0.827. The second-order valence-corrected chi connectivity index (χ2v) is 19.9. The molecule has 0 aliphatic carbocycles. The molecule has 1 heterocycles. The fraction of sp³-hybridized carbons (Fsp3) is 0.344. The van der Waals surface area contributed by atoms with Crippen LogP contribution in [0.5, 0.6) is 5.75 Å². The number of hydrogen-bond donors (Lipinski definition) is 1. The van der Waals surface area contributed by atoms with Gasteiger partial charge in [0.05, 0.1) is 30.5 Å². The number of rotatable bonds is 11. The van der Waals surface area contributed by atoms with E-state index in [-0.39, 0.29) is 26.9 Å². The summed E-state index contributed by atoms with van der Waals surface area (Å²) in [5.74, 6) is -3.06. The molecule has 0 atom stereocenters. The van der Waals surface area contributed by atoms with Gasteiger partial charge in [0.1, 0.15) is 16.5 Å². The van der Waals surface area contributed by atoms with Crippen molar-refractivity contribution in [2.75, 3.05) is 25.5 Å². The standard InChI is InChI=1S/C32H36ClF2NO6S2Si/c1-32(2,3)45(6,7)42-14-10-12-21-20-11-8-9-13-27(20)43-30(21)22-17-26(25(35)18-24(22)34)36-44(38,39)28-16-19(31(37)41-5)15-23(33)29(28)40-4/h8-9,11,13,15-18,36H,10,12,14H2,1-7H3. The van der Waals surface area contributed by atoms with E-state index in [2.05, 4.69) is 38.6 Å². The van der Waals surface area contributed by atoms with E-state index in [1.54, 1.807) is 0 Å². The Kier molecular flexibility index (Phi) is 10.3. The predicted molar refractivity (Wildman–Crippen MR) is 179 cm³/mol. The summed E-state index contributed by atoms with van der Waals surface area (Å²) in [6, 6.07) is 11.7. The lowest BCUT2D eigenvalue weighted by molar-refractivity contribution is 0.0600. The van der Waals surface area contributed by atoms with E-state index >= 15 is 8.78 Å². The fourth-order valence-electron chi connectivity index (χ4n) is 4.56. The number of anilines is 1. The van der Waals surface area contributed by atoms with Crippen LogP contribution in [0.15, 0.2) is 53.4 Å². The Morgan fingerprint density at radius 2 is 1.73 bits per heavy atom. The number of fused-ring (bicyclic) bond motifs is 1. The van der Waals surface area contributed by atoms with Gasteiger partial charge in [-0.1, -0.05) is 50.6 Å². The van der Waals surface area contributed by atoms with Gasteiger partial charge in [-0.25, -0.2) is 22.0 Å². The first-order chi connectivity index (χ1) is 21.0. The van der Waals surface area contributed by atoms with E-state index in [0.717, 1.165) is 34.9 Å². The Morgan fingerprint density at radius 3 is 2.38 bits per heavy atom. The number of ether oxygens (including phenoxy) is 2. The molecule has 0 fully saturated rings. The molecule has 0 radical (unpaired) electrons. The third-order valence-corrected chi connectivity index (χ3v) is 15.4. The smallest absolute Gasteiger partial charge is 0.337 e. The molecule has 0 amide bonds. The van der Waals surface area contributed by atoms with Crippen LogP contribution in [0.2, 0.25) is 23.2 Å². The van der Waals surface area contributed by atoms with Crippen LogP contribution >= 0.6 is 22.9 Å². The van der Waals surface area contributed by atoms with Gasteiger partial charge in [0.15, 0.2) is 14.1 Å². The zero-order valence-electron chi connectivity index (χ0n) is 26.1. The molecule has 4 rings (SSSR count). The Hall–Kier alpha value is -3.03. The normalized spacial score (nSPS) is 12.4. The summed E-state index contributed by atoms with van der Waals surface area (Å²) in [6.07, 6.45) is 1.25. The second kappa shape index (κ2) is 13.4. The van der Waals surface area contributed by atoms with Crippen LogP contribution in [0.1, 0.15) is 43.1 Å². The van der Waals surface area contributed by atoms with Crippen LogP contribution in [0.25, 0.3) is 20.5 Å². The van der Waals surface area contributed by atoms with Crippen LogP contribution in [0.4, 0.5) is 14.5 Å². The maximum Gasteiger partial charge on any atom is 0.337 e. The van der Waals surface area contributed by atoms with Crippen molar-refractivity contribution < 1.29 is 35.9 Å². The number of nitrogens with one attached hydrogen (secondary N) is 1. The zero-order chi connectivity index (χ0) is 33.3. The summed E-state index contributed by atoms with van der Waals surface area (Å²) in [6.45, 7) is 11.4. The highest BCUT2D eigenvalue weighted by Gasteiger charge is 2.37. The number of aryl methyl sites for hydroxylation is 1. The van der Waals surface area contributed by atoms with Gasteiger partial charge in [0.25, 0.3) is 10.0 Å². The van der Waals surface area contributed by atoms with Gasteiger partial charge in [-0.05, 0) is 66.2 Å². The molecule has 0 spiro atoms. The van der Waals surface area contributed by atoms with E-state index in [0.29, 0.717) is 30.4 Å². The largest absolute Gasteiger partial charge is 0.494 e. The maximum absolute atomic E-state index is 15.5. The summed E-state index contributed by atoms with van der Waals surface area (Å²) in [5.41, 5.74) is 0.269. The molecule has 7 nitrogen and oxygen atoms in total. The van der Waals surface area contributed by atoms with Crippen molar-refractivity contribution in [3.05, 3.63) is 76.3 Å². The summed E-state index contributed by atoms with van der Waals surface area (Å²) in [4.78, 5) is 12.2. The molecule has 0 saturated carbocycles. The monoisotopic (exact) mass is 695 g/mol. The number of halogens is 3. The molecule has 242 valence electrons. The van der Waals surface area contributed by atoms with E-state index in [1.807, 2.05) is 24.3 Å². The number of thiophene rings is 1. The minimum Gasteiger partial charge on any atom is -0.494 e. The average molecular weight is 696 g/mol. The van der Waals surface area contributed by atoms with Crippen LogP contribution in [-0.2, 0) is 25.6 Å². The fourth-order valence-corrected chi connectivity index (χ4v) is 8.54. The summed E-state index contributed by atoms with van der Waals surface area (Å²) < 4.78 is 77.1. The Bertz CT molecular complexity index is 1850. The highest BCUT2D eigenvalue weighted by atomic mass is 35.5. The van der Waals surface area contributed by atoms with Crippen LogP contribution < -0.4 is 9.46 Å². The van der Waals surface area contributed by atoms with Crippen LogP contribution in [0, 0.1) is 11.6 Å². The molecule has 0 bridgehead atoms. The molecular formula is C32H36ClF2NO6S2Si. The van der Waals surface area contributed by atoms with Gasteiger partial charge in [-0.15, -0.1) is 11.3 Å². The third-order valence-electron chi connectivity index (χ3n) is 8.01. The number of hydrogen-bond acceptors (Lipinski definition) is 7. The van der Waals surface area contributed by atoms with Crippen molar-refractivity contribution in [3.63, 3.8) is 0 Å². The van der Waals surface area contributed by atoms with Crippen molar-refractivity contribution in [1.29, 1.82) is 0 Å². The Balaban J connectivity index is 1.74. The minimum atomic E-state index is -4.59. The lowest BCUT2D eigenvalue weighted by Crippen LogP contribution is -2.41. The quantitative estimate of drug-likeness (QED) is 0.0957. The lowest BCUT2D eigenvalue weighted by atomic mass is 10.0. The molecule has 1 N–H and O–H groups in total. The number of methoxy groups -OCH3 is 2. The molecule has 0 aliphatic rings. The van der Waals surface area contributed by atoms with Crippen LogP contribution in [-0.4, -0.2) is 43.5 Å². The Morgan fingerprint density at radius 1 is 1.04 bits per heavy atom. The maximum atomic E-state index is 15.5. The number of carbonyl (C=O) groups excluding carboxylic acids is 1. The van der Waals surface area contributed by atoms with E-state index in [9.17, 15) is 13.2 Å². The molecular weight excluding hydrogens is 660 g/mol. The van der Waals surface area contributed by atoms with Crippen molar-refractivity contribution in [2.45, 2.75) is 56.6 Å². The molecule has 13 heteroatoms. The molecule has 0 aliphatic heterocycles. The first kappa shape index (κ1) is 34.8. The topological polar surface area (TPSA) is 90.9 Å². The average Bonchev–Trinajstić information content (AvgIpc) is 3.33. The molecule has 1 aromatic heterocycles. The van der Waals surface area contributed by atoms with Crippen molar-refractivity contribution in [1.82, 2.24) is 0 Å². The van der Waals surface area contributed by atoms with Gasteiger partial charge in [-0.3, -0.25) is 4.72 Å². The first-order valence-electron chi connectivity index (χ1n) is 14.1. The summed E-state index contributed by atoms with van der Waals surface area (Å²) in [7, 11) is -4.22. The number of carbonyl (C=O) groups is 1. The van der Waals surface area contributed by atoms with E-state index in [1.165, 1.54) is 24.5 Å². The first-order valence-corrected chi connectivity index (χ1v) is 19.7.